The molecule has 0 saturated carbocycles. The van der Waals surface area contributed by atoms with Crippen molar-refractivity contribution in [2.75, 3.05) is 17.3 Å². The van der Waals surface area contributed by atoms with E-state index in [1.54, 1.807) is 18.3 Å². The van der Waals surface area contributed by atoms with Gasteiger partial charge in [-0.15, -0.1) is 0 Å². The van der Waals surface area contributed by atoms with E-state index in [1.807, 2.05) is 25.1 Å². The number of benzene rings is 2. The molecule has 4 rings (SSSR count). The van der Waals surface area contributed by atoms with Crippen molar-refractivity contribution >= 4 is 50.1 Å². The number of anilines is 2. The lowest BCUT2D eigenvalue weighted by molar-refractivity contribution is 0.345. The molecule has 0 saturated heterocycles. The third kappa shape index (κ3) is 4.68. The van der Waals surface area contributed by atoms with Crippen LogP contribution in [0.4, 0.5) is 15.9 Å². The molecular formula is C20H17BrFN5OS. The molecule has 6 nitrogen and oxygen atoms in total. The van der Waals surface area contributed by atoms with E-state index in [0.717, 1.165) is 27.7 Å². The molecule has 0 aliphatic rings. The number of nitrogens with zero attached hydrogens (tertiary/aromatic N) is 3. The van der Waals surface area contributed by atoms with Crippen molar-refractivity contribution in [3.63, 3.8) is 0 Å². The first-order valence-corrected chi connectivity index (χ1v) is 10.8. The molecule has 148 valence electrons. The lowest BCUT2D eigenvalue weighted by Crippen LogP contribution is -2.00. The monoisotopic (exact) mass is 473 g/mol. The second-order valence-electron chi connectivity index (χ2n) is 6.18. The van der Waals surface area contributed by atoms with Gasteiger partial charge in [-0.25, -0.2) is 19.3 Å². The molecule has 0 aliphatic carbocycles. The second-order valence-corrected chi connectivity index (χ2v) is 8.01. The summed E-state index contributed by atoms with van der Waals surface area (Å²) in [5, 5.41) is 5.36. The highest BCUT2D eigenvalue weighted by Crippen LogP contribution is 2.31. The molecular weight excluding hydrogens is 457 g/mol. The van der Waals surface area contributed by atoms with Gasteiger partial charge in [0.05, 0.1) is 17.0 Å². The zero-order valence-electron chi connectivity index (χ0n) is 15.4. The summed E-state index contributed by atoms with van der Waals surface area (Å²) >= 11 is 4.59. The smallest absolute Gasteiger partial charge is 0.170 e. The van der Waals surface area contributed by atoms with Crippen LogP contribution in [0, 0.1) is 12.7 Å². The Hall–Kier alpha value is -2.65. The van der Waals surface area contributed by atoms with Crippen LogP contribution in [-0.2, 0) is 0 Å². The number of ether oxygens (including phenoxy) is 1. The highest BCUT2D eigenvalue weighted by molar-refractivity contribution is 9.09. The van der Waals surface area contributed by atoms with Crippen LogP contribution in [0.15, 0.2) is 59.0 Å². The van der Waals surface area contributed by atoms with Crippen molar-refractivity contribution in [2.45, 2.75) is 17.0 Å². The molecule has 0 atom stereocenters. The van der Waals surface area contributed by atoms with Gasteiger partial charge >= 0.3 is 0 Å². The Balaban J connectivity index is 1.58. The predicted octanol–water partition coefficient (Wildman–Crippen LogP) is 5.47. The molecule has 29 heavy (non-hydrogen) atoms. The first kappa shape index (κ1) is 19.7. The lowest BCUT2D eigenvalue weighted by atomic mass is 10.2. The number of imidazole rings is 1. The summed E-state index contributed by atoms with van der Waals surface area (Å²) in [6.07, 6.45) is 3.19. The van der Waals surface area contributed by atoms with E-state index in [-0.39, 0.29) is 5.82 Å². The number of rotatable bonds is 7. The summed E-state index contributed by atoms with van der Waals surface area (Å²) in [4.78, 5) is 16.4. The minimum absolute atomic E-state index is 0.339. The molecule has 0 unspecified atom stereocenters. The Bertz CT molecular complexity index is 1150. The van der Waals surface area contributed by atoms with Crippen LogP contribution in [0.3, 0.4) is 0 Å². The third-order valence-corrected chi connectivity index (χ3v) is 5.31. The van der Waals surface area contributed by atoms with E-state index >= 15 is 0 Å². The molecule has 9 heteroatoms. The minimum atomic E-state index is -0.339. The van der Waals surface area contributed by atoms with Crippen LogP contribution < -0.4 is 10.1 Å². The largest absolute Gasteiger partial charge is 0.493 e. The minimum Gasteiger partial charge on any atom is -0.493 e. The van der Waals surface area contributed by atoms with Gasteiger partial charge in [0.1, 0.15) is 23.7 Å². The molecule has 0 spiro atoms. The van der Waals surface area contributed by atoms with E-state index in [2.05, 4.69) is 41.2 Å². The number of aryl methyl sites for hydroxylation is 1. The number of alkyl halides is 1. The Morgan fingerprint density at radius 3 is 2.83 bits per heavy atom. The number of aromatic amines is 1. The van der Waals surface area contributed by atoms with Gasteiger partial charge < -0.3 is 15.0 Å². The van der Waals surface area contributed by atoms with Gasteiger partial charge in [0.2, 0.25) is 0 Å². The van der Waals surface area contributed by atoms with Crippen LogP contribution in [0.5, 0.6) is 5.75 Å². The quantitative estimate of drug-likeness (QED) is 0.346. The molecule has 0 amide bonds. The summed E-state index contributed by atoms with van der Waals surface area (Å²) in [5.74, 6) is 0.969. The van der Waals surface area contributed by atoms with Gasteiger partial charge in [0.25, 0.3) is 0 Å². The number of hydrogen-bond donors (Lipinski definition) is 2. The molecule has 2 N–H and O–H groups in total. The maximum absolute atomic E-state index is 14.6. The normalized spacial score (nSPS) is 11.0. The van der Waals surface area contributed by atoms with E-state index in [4.69, 9.17) is 4.74 Å². The Morgan fingerprint density at radius 1 is 1.17 bits per heavy atom. The van der Waals surface area contributed by atoms with Crippen molar-refractivity contribution in [3.8, 4) is 5.75 Å². The summed E-state index contributed by atoms with van der Waals surface area (Å²) in [7, 11) is 0. The average Bonchev–Trinajstić information content (AvgIpc) is 3.13. The zero-order valence-corrected chi connectivity index (χ0v) is 17.8. The van der Waals surface area contributed by atoms with E-state index < -0.39 is 0 Å². The van der Waals surface area contributed by atoms with Gasteiger partial charge in [-0.2, -0.15) is 0 Å². The fraction of sp³-hybridized carbons (Fsp3) is 0.150. The highest BCUT2D eigenvalue weighted by Gasteiger charge is 2.10. The fourth-order valence-corrected chi connectivity index (χ4v) is 3.70. The number of nitrogens with one attached hydrogen (secondary N) is 2. The van der Waals surface area contributed by atoms with Gasteiger partial charge in [0.15, 0.2) is 5.16 Å². The van der Waals surface area contributed by atoms with Crippen molar-refractivity contribution in [2.24, 2.45) is 0 Å². The molecule has 0 fully saturated rings. The van der Waals surface area contributed by atoms with E-state index in [1.165, 1.54) is 24.2 Å². The third-order valence-electron chi connectivity index (χ3n) is 4.03. The van der Waals surface area contributed by atoms with Crippen molar-refractivity contribution in [1.82, 2.24) is 19.9 Å². The molecule has 4 aromatic rings. The predicted molar refractivity (Wildman–Crippen MR) is 116 cm³/mol. The maximum atomic E-state index is 14.6. The summed E-state index contributed by atoms with van der Waals surface area (Å²) in [6, 6.07) is 10.6. The van der Waals surface area contributed by atoms with E-state index in [0.29, 0.717) is 28.2 Å². The van der Waals surface area contributed by atoms with Crippen LogP contribution in [0.1, 0.15) is 5.69 Å². The molecule has 2 aromatic heterocycles. The van der Waals surface area contributed by atoms with Crippen LogP contribution in [0.25, 0.3) is 10.9 Å². The number of fused-ring (bicyclic) bond motifs is 1. The number of H-pyrrole nitrogens is 1. The van der Waals surface area contributed by atoms with Crippen molar-refractivity contribution < 1.29 is 9.13 Å². The van der Waals surface area contributed by atoms with Gasteiger partial charge in [-0.05, 0) is 55.1 Å². The fourth-order valence-electron chi connectivity index (χ4n) is 2.72. The van der Waals surface area contributed by atoms with Crippen molar-refractivity contribution in [1.29, 1.82) is 0 Å². The van der Waals surface area contributed by atoms with Gasteiger partial charge in [-0.1, -0.05) is 15.9 Å². The topological polar surface area (TPSA) is 75.7 Å². The Morgan fingerprint density at radius 2 is 2.07 bits per heavy atom. The number of halogens is 2. The molecule has 2 heterocycles. The van der Waals surface area contributed by atoms with Crippen LogP contribution in [0.2, 0.25) is 0 Å². The Labute approximate surface area is 179 Å². The molecule has 0 radical (unpaired) electrons. The molecule has 0 aliphatic heterocycles. The summed E-state index contributed by atoms with van der Waals surface area (Å²) in [5.41, 5.74) is 2.30. The zero-order chi connectivity index (χ0) is 20.2. The lowest BCUT2D eigenvalue weighted by Gasteiger charge is -2.11. The van der Waals surface area contributed by atoms with Crippen LogP contribution in [-0.4, -0.2) is 31.9 Å². The maximum Gasteiger partial charge on any atom is 0.170 e. The van der Waals surface area contributed by atoms with E-state index in [9.17, 15) is 4.39 Å². The SMILES string of the molecule is Cc1cnc(Sc2ccc(Nc3ncnc4ccc(OCCBr)cc34)cc2F)[nH]1. The Kier molecular flexibility index (Phi) is 5.96. The second kappa shape index (κ2) is 8.79. The molecule has 0 bridgehead atoms. The first-order chi connectivity index (χ1) is 14.1. The number of aromatic nitrogens is 4. The van der Waals surface area contributed by atoms with Gasteiger partial charge in [0, 0.05) is 28.3 Å². The summed E-state index contributed by atoms with van der Waals surface area (Å²) in [6.45, 7) is 2.46. The van der Waals surface area contributed by atoms with Crippen LogP contribution >= 0.6 is 27.7 Å². The molecule has 2 aromatic carbocycles. The standard InChI is InChI=1S/C20H17BrFN5OS/c1-12-10-23-20(26-12)29-18-5-2-13(8-16(18)22)27-19-15-9-14(28-7-6-21)3-4-17(15)24-11-25-19/h2-5,8-11H,6-7H2,1H3,(H,23,26)(H,24,25,27). The van der Waals surface area contributed by atoms with Crippen molar-refractivity contribution in [3.05, 3.63) is 60.4 Å². The van der Waals surface area contributed by atoms with Gasteiger partial charge in [-0.3, -0.25) is 0 Å². The average molecular weight is 474 g/mol. The number of hydrogen-bond acceptors (Lipinski definition) is 6. The highest BCUT2D eigenvalue weighted by atomic mass is 79.9. The summed E-state index contributed by atoms with van der Waals surface area (Å²) < 4.78 is 20.3. The first-order valence-electron chi connectivity index (χ1n) is 8.82.